The second-order valence-electron chi connectivity index (χ2n) is 11.4. The smallest absolute Gasteiger partial charge is 0.343 e. The average molecular weight is 639 g/mol. The molecule has 1 heterocycles. The number of nitrogens with zero attached hydrogens (tertiary/aromatic N) is 1. The molecule has 0 aliphatic carbocycles. The lowest BCUT2D eigenvalue weighted by Crippen LogP contribution is -2.32. The lowest BCUT2D eigenvalue weighted by atomic mass is 9.85. The predicted octanol–water partition coefficient (Wildman–Crippen LogP) is 7.47. The van der Waals surface area contributed by atoms with Crippen LogP contribution < -0.4 is 24.3 Å². The second-order valence-corrected chi connectivity index (χ2v) is 11.4. The van der Waals surface area contributed by atoms with Gasteiger partial charge in [-0.25, -0.2) is 9.59 Å². The summed E-state index contributed by atoms with van der Waals surface area (Å²) in [6.45, 7) is 6.22. The second kappa shape index (κ2) is 13.3. The molecule has 0 saturated heterocycles. The number of non-ortho nitro benzene ring substituents is 1. The molecule has 0 aromatic heterocycles. The fraction of sp³-hybridized carbons (Fsp3) is 0.222. The molecule has 4 aromatic carbocycles. The van der Waals surface area contributed by atoms with E-state index in [1.54, 1.807) is 36.4 Å². The summed E-state index contributed by atoms with van der Waals surface area (Å²) < 4.78 is 27.8. The van der Waals surface area contributed by atoms with E-state index in [-0.39, 0.29) is 40.5 Å². The zero-order chi connectivity index (χ0) is 33.9. The number of nitro benzene ring substituents is 1. The highest BCUT2D eigenvalue weighted by Crippen LogP contribution is 2.44. The lowest BCUT2D eigenvalue weighted by molar-refractivity contribution is -0.385. The van der Waals surface area contributed by atoms with Crippen molar-refractivity contribution in [1.29, 1.82) is 0 Å². The number of allylic oxidation sites excluding steroid dienone is 1. The minimum absolute atomic E-state index is 0.0414. The quantitative estimate of drug-likeness (QED) is 0.0806. The van der Waals surface area contributed by atoms with Crippen LogP contribution in [0.25, 0.3) is 16.7 Å². The highest BCUT2D eigenvalue weighted by Gasteiger charge is 2.27. The number of anilines is 1. The van der Waals surface area contributed by atoms with E-state index in [1.165, 1.54) is 45.6 Å². The summed E-state index contributed by atoms with van der Waals surface area (Å²) in [5, 5.41) is 15.0. The van der Waals surface area contributed by atoms with Crippen LogP contribution in [0.15, 0.2) is 78.9 Å². The molecule has 5 rings (SSSR count). The first-order valence-electron chi connectivity index (χ1n) is 14.6. The zero-order valence-corrected chi connectivity index (χ0v) is 26.8. The molecule has 1 aliphatic heterocycles. The van der Waals surface area contributed by atoms with Crippen molar-refractivity contribution in [2.45, 2.75) is 32.9 Å². The first-order chi connectivity index (χ1) is 22.4. The average Bonchev–Trinajstić information content (AvgIpc) is 3.05. The summed E-state index contributed by atoms with van der Waals surface area (Å²) in [4.78, 5) is 35.9. The molecule has 0 spiro atoms. The van der Waals surface area contributed by atoms with E-state index >= 15 is 0 Å². The van der Waals surface area contributed by atoms with Gasteiger partial charge in [0.05, 0.1) is 49.0 Å². The SMILES string of the molecule is COC(=O)c1cccc(C(=O)Oc2ccc(-c3ccc4c(c3COc3cc([N+](=O)[O-])ccc3OC)C(C)=CC(C)(C)N4)c(OC)c2)c1. The van der Waals surface area contributed by atoms with Crippen LogP contribution >= 0.6 is 0 Å². The molecule has 1 N–H and O–H groups in total. The highest BCUT2D eigenvalue weighted by molar-refractivity contribution is 5.96. The summed E-state index contributed by atoms with van der Waals surface area (Å²) in [5.41, 5.74) is 5.12. The van der Waals surface area contributed by atoms with Gasteiger partial charge < -0.3 is 29.0 Å². The number of esters is 2. The molecular weight excluding hydrogens is 604 g/mol. The van der Waals surface area contributed by atoms with Crippen molar-refractivity contribution < 1.29 is 38.2 Å². The molecule has 0 saturated carbocycles. The van der Waals surface area contributed by atoms with Crippen molar-refractivity contribution in [3.63, 3.8) is 0 Å². The van der Waals surface area contributed by atoms with E-state index in [9.17, 15) is 19.7 Å². The first kappa shape index (κ1) is 32.6. The fourth-order valence-corrected chi connectivity index (χ4v) is 5.66. The zero-order valence-electron chi connectivity index (χ0n) is 26.8. The Kier molecular flexibility index (Phi) is 9.18. The van der Waals surface area contributed by atoms with Crippen molar-refractivity contribution >= 4 is 28.9 Å². The van der Waals surface area contributed by atoms with Gasteiger partial charge in [-0.3, -0.25) is 10.1 Å². The number of nitro groups is 1. The fourth-order valence-electron chi connectivity index (χ4n) is 5.66. The van der Waals surface area contributed by atoms with Crippen molar-refractivity contribution in [3.05, 3.63) is 111 Å². The van der Waals surface area contributed by atoms with Crippen LogP contribution in [0.1, 0.15) is 52.6 Å². The van der Waals surface area contributed by atoms with Gasteiger partial charge in [0, 0.05) is 34.5 Å². The molecule has 4 aromatic rings. The highest BCUT2D eigenvalue weighted by atomic mass is 16.6. The largest absolute Gasteiger partial charge is 0.496 e. The molecule has 0 bridgehead atoms. The van der Waals surface area contributed by atoms with Crippen molar-refractivity contribution in [1.82, 2.24) is 0 Å². The van der Waals surface area contributed by atoms with Gasteiger partial charge in [-0.1, -0.05) is 18.2 Å². The van der Waals surface area contributed by atoms with Crippen LogP contribution in [-0.4, -0.2) is 43.7 Å². The molecule has 47 heavy (non-hydrogen) atoms. The maximum atomic E-state index is 13.0. The van der Waals surface area contributed by atoms with Gasteiger partial charge in [0.15, 0.2) is 11.5 Å². The van der Waals surface area contributed by atoms with Crippen LogP contribution in [0.4, 0.5) is 11.4 Å². The lowest BCUT2D eigenvalue weighted by Gasteiger charge is -2.33. The third kappa shape index (κ3) is 6.89. The van der Waals surface area contributed by atoms with Crippen molar-refractivity contribution in [3.8, 4) is 34.1 Å². The van der Waals surface area contributed by atoms with E-state index in [2.05, 4.69) is 25.2 Å². The number of benzene rings is 4. The molecule has 242 valence electrons. The Morgan fingerprint density at radius 1 is 0.830 bits per heavy atom. The Labute approximate surface area is 271 Å². The molecule has 0 radical (unpaired) electrons. The van der Waals surface area contributed by atoms with E-state index in [0.29, 0.717) is 17.1 Å². The number of fused-ring (bicyclic) bond motifs is 1. The van der Waals surface area contributed by atoms with Gasteiger partial charge in [-0.05, 0) is 74.4 Å². The predicted molar refractivity (Wildman–Crippen MR) is 177 cm³/mol. The van der Waals surface area contributed by atoms with E-state index in [1.807, 2.05) is 19.1 Å². The van der Waals surface area contributed by atoms with Gasteiger partial charge >= 0.3 is 11.9 Å². The number of carbonyl (C=O) groups is 2. The van der Waals surface area contributed by atoms with Crippen LogP contribution in [-0.2, 0) is 11.3 Å². The Balaban J connectivity index is 1.54. The van der Waals surface area contributed by atoms with Crippen LogP contribution in [0.5, 0.6) is 23.0 Å². The maximum Gasteiger partial charge on any atom is 0.343 e. The molecule has 0 unspecified atom stereocenters. The Morgan fingerprint density at radius 3 is 2.21 bits per heavy atom. The van der Waals surface area contributed by atoms with E-state index in [0.717, 1.165) is 28.0 Å². The number of ether oxygens (including phenoxy) is 5. The number of hydrogen-bond acceptors (Lipinski definition) is 10. The molecule has 11 heteroatoms. The number of carbonyl (C=O) groups excluding carboxylic acids is 2. The number of nitrogens with one attached hydrogen (secondary N) is 1. The summed E-state index contributed by atoms with van der Waals surface area (Å²) in [6, 6.07) is 19.2. The van der Waals surface area contributed by atoms with Crippen molar-refractivity contribution in [2.75, 3.05) is 26.6 Å². The van der Waals surface area contributed by atoms with Gasteiger partial charge in [0.25, 0.3) is 5.69 Å². The Hall–Kier alpha value is -5.84. The molecule has 11 nitrogen and oxygen atoms in total. The van der Waals surface area contributed by atoms with Gasteiger partial charge in [-0.2, -0.15) is 0 Å². The van der Waals surface area contributed by atoms with E-state index < -0.39 is 16.9 Å². The number of methoxy groups -OCH3 is 3. The van der Waals surface area contributed by atoms with E-state index in [4.69, 9.17) is 23.7 Å². The Morgan fingerprint density at radius 2 is 1.53 bits per heavy atom. The molecular formula is C36H34N2O9. The first-order valence-corrected chi connectivity index (χ1v) is 14.6. The standard InChI is InChI=1S/C36H34N2O9/c1-21-19-36(2,3)37-29-14-13-26(28(33(21)29)20-46-32-17-24(38(41)42)10-15-30(32)43-4)27-12-11-25(18-31(27)44-5)47-35(40)23-9-7-8-22(16-23)34(39)45-6/h7-19,37H,20H2,1-6H3. The Bertz CT molecular complexity index is 1910. The minimum Gasteiger partial charge on any atom is -0.496 e. The summed E-state index contributed by atoms with van der Waals surface area (Å²) in [6.07, 6.45) is 2.13. The minimum atomic E-state index is -0.659. The molecule has 1 aliphatic rings. The maximum absolute atomic E-state index is 13.0. The van der Waals surface area contributed by atoms with Gasteiger partial charge in [0.2, 0.25) is 0 Å². The normalized spacial score (nSPS) is 12.9. The van der Waals surface area contributed by atoms with Crippen molar-refractivity contribution in [2.24, 2.45) is 0 Å². The number of hydrogen-bond donors (Lipinski definition) is 1. The summed E-state index contributed by atoms with van der Waals surface area (Å²) in [7, 11) is 4.25. The summed E-state index contributed by atoms with van der Waals surface area (Å²) >= 11 is 0. The molecule has 0 amide bonds. The number of rotatable bonds is 10. The van der Waals surface area contributed by atoms with Gasteiger partial charge in [0.1, 0.15) is 18.1 Å². The van der Waals surface area contributed by atoms with Crippen LogP contribution in [0, 0.1) is 10.1 Å². The third-order valence-corrected chi connectivity index (χ3v) is 7.66. The van der Waals surface area contributed by atoms with Gasteiger partial charge in [-0.15, -0.1) is 0 Å². The molecule has 0 fully saturated rings. The molecule has 0 atom stereocenters. The monoisotopic (exact) mass is 638 g/mol. The third-order valence-electron chi connectivity index (χ3n) is 7.66. The van der Waals surface area contributed by atoms with Crippen LogP contribution in [0.3, 0.4) is 0 Å². The summed E-state index contributed by atoms with van der Waals surface area (Å²) in [5.74, 6) is 0.0157. The van der Waals surface area contributed by atoms with Crippen LogP contribution in [0.2, 0.25) is 0 Å². The topological polar surface area (TPSA) is 135 Å².